The zero-order valence-electron chi connectivity index (χ0n) is 13.1. The van der Waals surface area contributed by atoms with Crippen molar-refractivity contribution in [3.63, 3.8) is 0 Å². The number of hydrogen-bond donors (Lipinski definition) is 1. The monoisotopic (exact) mass is 346 g/mol. The summed E-state index contributed by atoms with van der Waals surface area (Å²) in [4.78, 5) is 17.0. The van der Waals surface area contributed by atoms with Crippen LogP contribution >= 0.6 is 11.6 Å². The van der Waals surface area contributed by atoms with E-state index >= 15 is 0 Å². The molecule has 1 aromatic carbocycles. The minimum atomic E-state index is -1.05. The van der Waals surface area contributed by atoms with Crippen molar-refractivity contribution in [3.05, 3.63) is 52.3 Å². The van der Waals surface area contributed by atoms with Crippen LogP contribution < -0.4 is 9.47 Å². The molecule has 24 heavy (non-hydrogen) atoms. The first-order chi connectivity index (χ1) is 11.5. The van der Waals surface area contributed by atoms with Gasteiger partial charge in [-0.3, -0.25) is 4.90 Å². The first-order valence-electron chi connectivity index (χ1n) is 7.12. The van der Waals surface area contributed by atoms with Crippen LogP contribution in [0.5, 0.6) is 11.5 Å². The third-order valence-corrected chi connectivity index (χ3v) is 3.99. The predicted octanol–water partition coefficient (Wildman–Crippen LogP) is 3.74. The molecule has 6 nitrogen and oxygen atoms in total. The summed E-state index contributed by atoms with van der Waals surface area (Å²) in [6, 6.07) is 6.93. The molecule has 0 saturated heterocycles. The second-order valence-electron chi connectivity index (χ2n) is 5.21. The van der Waals surface area contributed by atoms with Crippen molar-refractivity contribution >= 4 is 29.5 Å². The summed E-state index contributed by atoms with van der Waals surface area (Å²) in [5.74, 6) is 1.16. The molecule has 1 aliphatic heterocycles. The number of benzene rings is 1. The highest BCUT2D eigenvalue weighted by atomic mass is 35.5. The van der Waals surface area contributed by atoms with E-state index in [2.05, 4.69) is 4.98 Å². The van der Waals surface area contributed by atoms with Crippen LogP contribution in [0.25, 0.3) is 11.8 Å². The Kier molecular flexibility index (Phi) is 4.31. The van der Waals surface area contributed by atoms with E-state index in [-0.39, 0.29) is 6.54 Å². The molecule has 124 valence electrons. The number of methoxy groups -OCH3 is 2. The van der Waals surface area contributed by atoms with Gasteiger partial charge in [0, 0.05) is 17.8 Å². The standard InChI is InChI=1S/C17H15ClN2O4/c1-23-13-3-10(4-14(7-13)24-2)15-5-11-8-19-16(18)6-12(11)9-20(15)17(21)22/h3-8H,9H2,1-2H3,(H,21,22). The van der Waals surface area contributed by atoms with E-state index in [9.17, 15) is 9.90 Å². The smallest absolute Gasteiger partial charge is 0.412 e. The lowest BCUT2D eigenvalue weighted by Gasteiger charge is -2.28. The fourth-order valence-corrected chi connectivity index (χ4v) is 2.77. The third-order valence-electron chi connectivity index (χ3n) is 3.78. The van der Waals surface area contributed by atoms with Crippen LogP contribution in [-0.2, 0) is 6.54 Å². The Labute approximate surface area is 143 Å². The molecule has 1 aliphatic rings. The highest BCUT2D eigenvalue weighted by Crippen LogP contribution is 2.35. The van der Waals surface area contributed by atoms with Gasteiger partial charge in [0.25, 0.3) is 0 Å². The van der Waals surface area contributed by atoms with Gasteiger partial charge in [-0.2, -0.15) is 0 Å². The average molecular weight is 347 g/mol. The zero-order valence-corrected chi connectivity index (χ0v) is 13.9. The molecule has 0 atom stereocenters. The van der Waals surface area contributed by atoms with E-state index in [0.717, 1.165) is 11.1 Å². The average Bonchev–Trinajstić information content (AvgIpc) is 2.59. The van der Waals surface area contributed by atoms with E-state index in [1.165, 1.54) is 4.90 Å². The quantitative estimate of drug-likeness (QED) is 0.857. The number of aromatic nitrogens is 1. The molecular formula is C17H15ClN2O4. The van der Waals surface area contributed by atoms with Gasteiger partial charge in [0.2, 0.25) is 0 Å². The highest BCUT2D eigenvalue weighted by molar-refractivity contribution is 6.29. The Morgan fingerprint density at radius 1 is 1.21 bits per heavy atom. The number of ether oxygens (including phenoxy) is 2. The van der Waals surface area contributed by atoms with Crippen LogP contribution in [0.1, 0.15) is 16.7 Å². The van der Waals surface area contributed by atoms with Crippen LogP contribution in [-0.4, -0.2) is 35.3 Å². The third kappa shape index (κ3) is 3.00. The van der Waals surface area contributed by atoms with Crippen molar-refractivity contribution in [1.82, 2.24) is 9.88 Å². The van der Waals surface area contributed by atoms with Crippen molar-refractivity contribution in [2.45, 2.75) is 6.54 Å². The van der Waals surface area contributed by atoms with Gasteiger partial charge in [0.15, 0.2) is 0 Å². The zero-order chi connectivity index (χ0) is 17.3. The lowest BCUT2D eigenvalue weighted by molar-refractivity contribution is 0.164. The van der Waals surface area contributed by atoms with Crippen LogP contribution in [0.15, 0.2) is 30.5 Å². The number of hydrogen-bond acceptors (Lipinski definition) is 4. The number of rotatable bonds is 3. The molecule has 0 radical (unpaired) electrons. The maximum Gasteiger partial charge on any atom is 0.412 e. The molecule has 2 heterocycles. The molecule has 0 fully saturated rings. The predicted molar refractivity (Wildman–Crippen MR) is 90.2 cm³/mol. The fourth-order valence-electron chi connectivity index (χ4n) is 2.59. The summed E-state index contributed by atoms with van der Waals surface area (Å²) >= 11 is 5.91. The van der Waals surface area contributed by atoms with Gasteiger partial charge in [0.05, 0.1) is 26.5 Å². The minimum absolute atomic E-state index is 0.193. The second kappa shape index (κ2) is 6.41. The first-order valence-corrected chi connectivity index (χ1v) is 7.49. The number of pyridine rings is 1. The van der Waals surface area contributed by atoms with Crippen LogP contribution in [0.2, 0.25) is 5.15 Å². The molecule has 3 rings (SSSR count). The van der Waals surface area contributed by atoms with Crippen molar-refractivity contribution in [2.24, 2.45) is 0 Å². The van der Waals surface area contributed by atoms with Crippen LogP contribution in [0, 0.1) is 0 Å². The summed E-state index contributed by atoms with van der Waals surface area (Å²) in [5, 5.41) is 9.92. The van der Waals surface area contributed by atoms with E-state index in [0.29, 0.717) is 27.9 Å². The maximum absolute atomic E-state index is 11.7. The Morgan fingerprint density at radius 3 is 2.46 bits per heavy atom. The Morgan fingerprint density at radius 2 is 1.88 bits per heavy atom. The summed E-state index contributed by atoms with van der Waals surface area (Å²) in [6.45, 7) is 0.193. The molecule has 2 aromatic rings. The maximum atomic E-state index is 11.7. The van der Waals surface area contributed by atoms with Gasteiger partial charge >= 0.3 is 6.09 Å². The number of carboxylic acid groups (broad SMARTS) is 1. The molecule has 1 aromatic heterocycles. The number of halogens is 1. The van der Waals surface area contributed by atoms with Crippen LogP contribution in [0.3, 0.4) is 0 Å². The molecule has 0 aliphatic carbocycles. The van der Waals surface area contributed by atoms with Crippen molar-refractivity contribution in [2.75, 3.05) is 14.2 Å². The Balaban J connectivity index is 2.16. The largest absolute Gasteiger partial charge is 0.497 e. The summed E-state index contributed by atoms with van der Waals surface area (Å²) in [5.41, 5.74) is 2.83. The molecule has 1 amide bonds. The molecule has 1 N–H and O–H groups in total. The molecule has 0 saturated carbocycles. The van der Waals surface area contributed by atoms with Gasteiger partial charge in [-0.15, -0.1) is 0 Å². The summed E-state index contributed by atoms with van der Waals surface area (Å²) in [6.07, 6.45) is 2.35. The fraction of sp³-hybridized carbons (Fsp3) is 0.176. The summed E-state index contributed by atoms with van der Waals surface area (Å²) in [7, 11) is 3.09. The van der Waals surface area contributed by atoms with Crippen molar-refractivity contribution in [3.8, 4) is 11.5 Å². The Bertz CT molecular complexity index is 813. The molecule has 7 heteroatoms. The van der Waals surface area contributed by atoms with Gasteiger partial charge in [-0.05, 0) is 35.4 Å². The second-order valence-corrected chi connectivity index (χ2v) is 5.59. The molecule has 0 unspecified atom stereocenters. The van der Waals surface area contributed by atoms with Gasteiger partial charge in [0.1, 0.15) is 16.7 Å². The highest BCUT2D eigenvalue weighted by Gasteiger charge is 2.25. The first kappa shape index (κ1) is 16.1. The molecular weight excluding hydrogens is 332 g/mol. The van der Waals surface area contributed by atoms with E-state index < -0.39 is 6.09 Å². The number of carbonyl (C=O) groups is 1. The van der Waals surface area contributed by atoms with Crippen molar-refractivity contribution < 1.29 is 19.4 Å². The lowest BCUT2D eigenvalue weighted by atomic mass is 10.00. The van der Waals surface area contributed by atoms with Gasteiger partial charge < -0.3 is 14.6 Å². The normalized spacial score (nSPS) is 13.1. The van der Waals surface area contributed by atoms with Crippen molar-refractivity contribution in [1.29, 1.82) is 0 Å². The topological polar surface area (TPSA) is 71.9 Å². The number of nitrogens with zero attached hydrogens (tertiary/aromatic N) is 2. The molecule has 0 spiro atoms. The SMILES string of the molecule is COc1cc(OC)cc(C2=Cc3cnc(Cl)cc3CN2C(=O)O)c1. The van der Waals surface area contributed by atoms with Gasteiger partial charge in [-0.25, -0.2) is 9.78 Å². The lowest BCUT2D eigenvalue weighted by Crippen LogP contribution is -2.30. The Hall–Kier alpha value is -2.73. The van der Waals surface area contributed by atoms with Gasteiger partial charge in [-0.1, -0.05) is 11.6 Å². The molecule has 0 bridgehead atoms. The van der Waals surface area contributed by atoms with E-state index in [1.807, 2.05) is 0 Å². The van der Waals surface area contributed by atoms with Crippen LogP contribution in [0.4, 0.5) is 4.79 Å². The number of fused-ring (bicyclic) bond motifs is 1. The van der Waals surface area contributed by atoms with E-state index in [1.54, 1.807) is 50.8 Å². The minimum Gasteiger partial charge on any atom is -0.497 e. The summed E-state index contributed by atoms with van der Waals surface area (Å²) < 4.78 is 10.5. The number of amides is 1. The van der Waals surface area contributed by atoms with E-state index in [4.69, 9.17) is 21.1 Å².